The summed E-state index contributed by atoms with van der Waals surface area (Å²) in [6.07, 6.45) is 0. The van der Waals surface area contributed by atoms with Crippen LogP contribution in [0.15, 0.2) is 57.6 Å². The first kappa shape index (κ1) is 18.3. The normalized spacial score (nSPS) is 11.5. The van der Waals surface area contributed by atoms with Crippen molar-refractivity contribution in [2.24, 2.45) is 10.2 Å². The average molecular weight is 370 g/mol. The van der Waals surface area contributed by atoms with Gasteiger partial charge in [0.15, 0.2) is 5.75 Å². The molecular formula is C19H18N2O4S. The SMILES string of the molecule is Cc1cc(C)c(SOOO)cc1N=Nc1cc(C)c2ccccc2c1O. The summed E-state index contributed by atoms with van der Waals surface area (Å²) in [4.78, 5) is 0.734. The Morgan fingerprint density at radius 3 is 2.27 bits per heavy atom. The van der Waals surface area contributed by atoms with Crippen molar-refractivity contribution in [3.8, 4) is 5.75 Å². The van der Waals surface area contributed by atoms with Crippen LogP contribution in [-0.4, -0.2) is 10.4 Å². The number of phenolic OH excluding ortho intramolecular Hbond substituents is 1. The van der Waals surface area contributed by atoms with E-state index in [1.165, 1.54) is 0 Å². The maximum absolute atomic E-state index is 10.5. The average Bonchev–Trinajstić information content (AvgIpc) is 2.64. The fourth-order valence-corrected chi connectivity index (χ4v) is 3.23. The lowest BCUT2D eigenvalue weighted by Gasteiger charge is -2.08. The molecule has 0 unspecified atom stereocenters. The van der Waals surface area contributed by atoms with Crippen molar-refractivity contribution in [1.82, 2.24) is 0 Å². The lowest BCUT2D eigenvalue weighted by Crippen LogP contribution is -1.85. The predicted molar refractivity (Wildman–Crippen MR) is 101 cm³/mol. The van der Waals surface area contributed by atoms with E-state index in [0.717, 1.165) is 44.4 Å². The standard InChI is InChI=1S/C19H18N2O4S/c1-11-9-17(19(22)15-7-5-4-6-14(11)15)21-20-16-10-18(26-25-24-23)13(3)8-12(16)2/h4-10,22-23H,1-3H3. The Balaban J connectivity index is 2.00. The van der Waals surface area contributed by atoms with E-state index < -0.39 is 0 Å². The molecule has 3 aromatic rings. The highest BCUT2D eigenvalue weighted by atomic mass is 32.2. The molecule has 0 aliphatic carbocycles. The fraction of sp³-hybridized carbons (Fsp3) is 0.158. The van der Waals surface area contributed by atoms with Crippen LogP contribution in [0.3, 0.4) is 0 Å². The van der Waals surface area contributed by atoms with Gasteiger partial charge in [0.25, 0.3) is 0 Å². The Bertz CT molecular complexity index is 989. The van der Waals surface area contributed by atoms with Crippen LogP contribution in [-0.2, 0) is 9.37 Å². The summed E-state index contributed by atoms with van der Waals surface area (Å²) in [6, 6.07) is 13.1. The van der Waals surface area contributed by atoms with Crippen LogP contribution in [0.4, 0.5) is 11.4 Å². The van der Waals surface area contributed by atoms with E-state index in [4.69, 9.17) is 5.26 Å². The Hall–Kier alpha value is -2.45. The lowest BCUT2D eigenvalue weighted by atomic mass is 10.0. The number of fused-ring (bicyclic) bond motifs is 1. The maximum Gasteiger partial charge on any atom is 0.150 e. The third kappa shape index (κ3) is 3.71. The Labute approximate surface area is 155 Å². The minimum atomic E-state index is 0.103. The van der Waals surface area contributed by atoms with Gasteiger partial charge in [0.05, 0.1) is 17.7 Å². The van der Waals surface area contributed by atoms with Crippen LogP contribution in [0, 0.1) is 20.8 Å². The Morgan fingerprint density at radius 2 is 1.54 bits per heavy atom. The number of rotatable bonds is 5. The second kappa shape index (κ2) is 7.84. The van der Waals surface area contributed by atoms with Crippen molar-refractivity contribution in [3.05, 3.63) is 59.2 Å². The zero-order valence-electron chi connectivity index (χ0n) is 14.6. The van der Waals surface area contributed by atoms with Crippen LogP contribution >= 0.6 is 12.0 Å². The van der Waals surface area contributed by atoms with Gasteiger partial charge in [0, 0.05) is 10.3 Å². The Kier molecular flexibility index (Phi) is 5.53. The summed E-state index contributed by atoms with van der Waals surface area (Å²) >= 11 is 0.876. The highest BCUT2D eigenvalue weighted by Gasteiger charge is 2.10. The zero-order chi connectivity index (χ0) is 18.7. The summed E-state index contributed by atoms with van der Waals surface area (Å²) in [5.74, 6) is 0.103. The fourth-order valence-electron chi connectivity index (χ4n) is 2.78. The minimum absolute atomic E-state index is 0.103. The minimum Gasteiger partial charge on any atom is -0.505 e. The van der Waals surface area contributed by atoms with Crippen molar-refractivity contribution in [2.75, 3.05) is 0 Å². The Morgan fingerprint density at radius 1 is 0.846 bits per heavy atom. The van der Waals surface area contributed by atoms with Crippen LogP contribution in [0.1, 0.15) is 16.7 Å². The molecule has 26 heavy (non-hydrogen) atoms. The van der Waals surface area contributed by atoms with E-state index in [2.05, 4.69) is 19.6 Å². The molecule has 0 heterocycles. The largest absolute Gasteiger partial charge is 0.505 e. The number of nitrogens with zero attached hydrogens (tertiary/aromatic N) is 2. The number of benzene rings is 3. The summed E-state index contributed by atoms with van der Waals surface area (Å²) in [6.45, 7) is 5.80. The van der Waals surface area contributed by atoms with Gasteiger partial charge in [-0.25, -0.2) is 5.26 Å². The molecule has 0 aliphatic heterocycles. The van der Waals surface area contributed by atoms with Crippen molar-refractivity contribution in [1.29, 1.82) is 0 Å². The van der Waals surface area contributed by atoms with Gasteiger partial charge in [-0.2, -0.15) is 5.11 Å². The van der Waals surface area contributed by atoms with Gasteiger partial charge in [0.1, 0.15) is 5.69 Å². The molecule has 0 saturated heterocycles. The molecule has 6 nitrogen and oxygen atoms in total. The van der Waals surface area contributed by atoms with Gasteiger partial charge in [-0.15, -0.1) is 9.45 Å². The predicted octanol–water partition coefficient (Wildman–Crippen LogP) is 6.31. The summed E-state index contributed by atoms with van der Waals surface area (Å²) in [7, 11) is 0. The van der Waals surface area contributed by atoms with Gasteiger partial charge >= 0.3 is 0 Å². The molecular weight excluding hydrogens is 352 g/mol. The molecule has 0 spiro atoms. The number of azo groups is 1. The van der Waals surface area contributed by atoms with Crippen molar-refractivity contribution in [2.45, 2.75) is 25.7 Å². The van der Waals surface area contributed by atoms with Gasteiger partial charge in [-0.1, -0.05) is 35.4 Å². The number of hydrogen-bond donors (Lipinski definition) is 2. The van der Waals surface area contributed by atoms with Gasteiger partial charge in [-0.05, 0) is 55.0 Å². The highest BCUT2D eigenvalue weighted by molar-refractivity contribution is 7.94. The van der Waals surface area contributed by atoms with Gasteiger partial charge in [-0.3, -0.25) is 0 Å². The van der Waals surface area contributed by atoms with E-state index in [9.17, 15) is 5.11 Å². The van der Waals surface area contributed by atoms with Crippen LogP contribution in [0.25, 0.3) is 10.8 Å². The van der Waals surface area contributed by atoms with Crippen LogP contribution < -0.4 is 0 Å². The lowest BCUT2D eigenvalue weighted by molar-refractivity contribution is -0.432. The van der Waals surface area contributed by atoms with Crippen molar-refractivity contribution >= 4 is 34.2 Å². The van der Waals surface area contributed by atoms with Crippen LogP contribution in [0.5, 0.6) is 5.75 Å². The first-order chi connectivity index (χ1) is 12.5. The molecule has 0 radical (unpaired) electrons. The first-order valence-corrected chi connectivity index (χ1v) is 8.64. The molecule has 134 valence electrons. The van der Waals surface area contributed by atoms with Gasteiger partial charge in [0.2, 0.25) is 0 Å². The molecule has 0 aromatic heterocycles. The zero-order valence-corrected chi connectivity index (χ0v) is 15.4. The summed E-state index contributed by atoms with van der Waals surface area (Å²) in [5.41, 5.74) is 3.93. The summed E-state index contributed by atoms with van der Waals surface area (Å²) < 4.78 is 4.50. The molecule has 3 aromatic carbocycles. The molecule has 0 aliphatic rings. The number of hydrogen-bond acceptors (Lipinski definition) is 7. The molecule has 0 amide bonds. The number of aryl methyl sites for hydroxylation is 3. The van der Waals surface area contributed by atoms with Crippen molar-refractivity contribution in [3.63, 3.8) is 0 Å². The van der Waals surface area contributed by atoms with E-state index in [0.29, 0.717) is 11.4 Å². The molecule has 2 N–H and O–H groups in total. The van der Waals surface area contributed by atoms with Gasteiger partial charge < -0.3 is 5.11 Å². The maximum atomic E-state index is 10.5. The summed E-state index contributed by atoms with van der Waals surface area (Å²) in [5, 5.41) is 32.7. The van der Waals surface area contributed by atoms with E-state index in [1.54, 1.807) is 6.07 Å². The van der Waals surface area contributed by atoms with E-state index in [1.807, 2.05) is 57.2 Å². The molecule has 7 heteroatoms. The number of phenols is 1. The van der Waals surface area contributed by atoms with E-state index in [-0.39, 0.29) is 5.75 Å². The quantitative estimate of drug-likeness (QED) is 0.238. The molecule has 0 bridgehead atoms. The van der Waals surface area contributed by atoms with E-state index >= 15 is 0 Å². The monoisotopic (exact) mass is 370 g/mol. The molecule has 0 fully saturated rings. The number of aromatic hydroxyl groups is 1. The molecule has 3 rings (SSSR count). The highest BCUT2D eigenvalue weighted by Crippen LogP contribution is 2.38. The van der Waals surface area contributed by atoms with Crippen LogP contribution in [0.2, 0.25) is 0 Å². The second-order valence-electron chi connectivity index (χ2n) is 5.94. The first-order valence-electron chi connectivity index (χ1n) is 7.90. The topological polar surface area (TPSA) is 83.6 Å². The second-order valence-corrected chi connectivity index (χ2v) is 6.68. The molecule has 0 atom stereocenters. The van der Waals surface area contributed by atoms with Crippen molar-refractivity contribution < 1.29 is 19.7 Å². The third-order valence-electron chi connectivity index (χ3n) is 4.12. The molecule has 0 saturated carbocycles. The smallest absolute Gasteiger partial charge is 0.150 e. The third-order valence-corrected chi connectivity index (χ3v) is 4.86.